The SMILES string of the molecule is NCc1cc(NC(=O)COCC2CC2)cc(C(F)(F)F)c1. The van der Waals surface area contributed by atoms with E-state index in [1.165, 1.54) is 6.07 Å². The van der Waals surface area contributed by atoms with Crippen molar-refractivity contribution in [3.05, 3.63) is 29.3 Å². The van der Waals surface area contributed by atoms with Gasteiger partial charge in [-0.1, -0.05) is 0 Å². The predicted molar refractivity (Wildman–Crippen MR) is 71.5 cm³/mol. The number of halogens is 3. The molecule has 4 nitrogen and oxygen atoms in total. The quantitative estimate of drug-likeness (QED) is 0.848. The molecular formula is C14H17F3N2O2. The normalized spacial score (nSPS) is 15.0. The van der Waals surface area contributed by atoms with Gasteiger partial charge in [-0.3, -0.25) is 4.79 Å². The summed E-state index contributed by atoms with van der Waals surface area (Å²) >= 11 is 0. The van der Waals surface area contributed by atoms with E-state index in [-0.39, 0.29) is 18.8 Å². The number of ether oxygens (including phenoxy) is 1. The molecule has 0 saturated heterocycles. The van der Waals surface area contributed by atoms with E-state index in [9.17, 15) is 18.0 Å². The van der Waals surface area contributed by atoms with Crippen LogP contribution in [0.2, 0.25) is 0 Å². The topological polar surface area (TPSA) is 64.3 Å². The van der Waals surface area contributed by atoms with Gasteiger partial charge in [0, 0.05) is 12.2 Å². The molecule has 0 radical (unpaired) electrons. The van der Waals surface area contributed by atoms with Crippen LogP contribution in [0.1, 0.15) is 24.0 Å². The first-order valence-corrected chi connectivity index (χ1v) is 6.67. The zero-order valence-corrected chi connectivity index (χ0v) is 11.4. The van der Waals surface area contributed by atoms with Crippen LogP contribution in [-0.4, -0.2) is 19.1 Å². The summed E-state index contributed by atoms with van der Waals surface area (Å²) in [7, 11) is 0. The molecule has 0 heterocycles. The molecule has 21 heavy (non-hydrogen) atoms. The van der Waals surface area contributed by atoms with Crippen molar-refractivity contribution in [2.45, 2.75) is 25.6 Å². The zero-order valence-electron chi connectivity index (χ0n) is 11.4. The average molecular weight is 302 g/mol. The molecule has 1 aromatic carbocycles. The van der Waals surface area contributed by atoms with Crippen LogP contribution in [0.3, 0.4) is 0 Å². The van der Waals surface area contributed by atoms with Gasteiger partial charge in [0.1, 0.15) is 6.61 Å². The fourth-order valence-corrected chi connectivity index (χ4v) is 1.85. The first-order chi connectivity index (χ1) is 9.88. The van der Waals surface area contributed by atoms with Crippen molar-refractivity contribution >= 4 is 11.6 Å². The molecule has 1 aliphatic carbocycles. The molecule has 1 aromatic rings. The Bertz CT molecular complexity index is 513. The molecular weight excluding hydrogens is 285 g/mol. The van der Waals surface area contributed by atoms with Gasteiger partial charge in [0.2, 0.25) is 5.91 Å². The van der Waals surface area contributed by atoms with E-state index in [1.54, 1.807) is 0 Å². The average Bonchev–Trinajstić information content (AvgIpc) is 3.21. The molecule has 1 saturated carbocycles. The number of alkyl halides is 3. The number of nitrogens with one attached hydrogen (secondary N) is 1. The summed E-state index contributed by atoms with van der Waals surface area (Å²) in [5.74, 6) is 0.0492. The van der Waals surface area contributed by atoms with Crippen LogP contribution in [0.4, 0.5) is 18.9 Å². The third kappa shape index (κ3) is 5.02. The van der Waals surface area contributed by atoms with Crippen LogP contribution in [0.25, 0.3) is 0 Å². The molecule has 0 aromatic heterocycles. The van der Waals surface area contributed by atoms with Crippen LogP contribution in [-0.2, 0) is 22.3 Å². The van der Waals surface area contributed by atoms with Gasteiger partial charge in [0.25, 0.3) is 0 Å². The van der Waals surface area contributed by atoms with Crippen LogP contribution in [0, 0.1) is 5.92 Å². The summed E-state index contributed by atoms with van der Waals surface area (Å²) in [5, 5.41) is 2.40. The van der Waals surface area contributed by atoms with Crippen LogP contribution < -0.4 is 11.1 Å². The predicted octanol–water partition coefficient (Wildman–Crippen LogP) is 2.53. The number of hydrogen-bond donors (Lipinski definition) is 2. The third-order valence-electron chi connectivity index (χ3n) is 3.12. The number of benzene rings is 1. The molecule has 3 N–H and O–H groups in total. The molecule has 1 fully saturated rings. The lowest BCUT2D eigenvalue weighted by molar-refractivity contribution is -0.137. The highest BCUT2D eigenvalue weighted by Gasteiger charge is 2.31. The molecule has 0 aliphatic heterocycles. The minimum absolute atomic E-state index is 0.0367. The standard InChI is InChI=1S/C14H17F3N2O2/c15-14(16,17)11-3-10(6-18)4-12(5-11)19-13(20)8-21-7-9-1-2-9/h3-5,9H,1-2,6-8,18H2,(H,19,20). The van der Waals surface area contributed by atoms with Crippen LogP contribution in [0.5, 0.6) is 0 Å². The smallest absolute Gasteiger partial charge is 0.371 e. The van der Waals surface area contributed by atoms with E-state index in [0.29, 0.717) is 18.1 Å². The molecule has 1 amide bonds. The third-order valence-corrected chi connectivity index (χ3v) is 3.12. The fraction of sp³-hybridized carbons (Fsp3) is 0.500. The summed E-state index contributed by atoms with van der Waals surface area (Å²) in [5.41, 5.74) is 4.92. The van der Waals surface area contributed by atoms with Crippen molar-refractivity contribution in [3.63, 3.8) is 0 Å². The number of anilines is 1. The Balaban J connectivity index is 1.98. The van der Waals surface area contributed by atoms with Gasteiger partial charge in [0.15, 0.2) is 0 Å². The van der Waals surface area contributed by atoms with Gasteiger partial charge in [-0.05, 0) is 42.5 Å². The monoisotopic (exact) mass is 302 g/mol. The minimum Gasteiger partial charge on any atom is -0.371 e. The minimum atomic E-state index is -4.48. The number of nitrogens with two attached hydrogens (primary N) is 1. The van der Waals surface area contributed by atoms with Crippen molar-refractivity contribution in [1.29, 1.82) is 0 Å². The maximum Gasteiger partial charge on any atom is 0.416 e. The highest BCUT2D eigenvalue weighted by atomic mass is 19.4. The second-order valence-corrected chi connectivity index (χ2v) is 5.13. The Labute approximate surface area is 120 Å². The van der Waals surface area contributed by atoms with E-state index >= 15 is 0 Å². The Morgan fingerprint density at radius 3 is 2.62 bits per heavy atom. The molecule has 2 rings (SSSR count). The van der Waals surface area contributed by atoms with Gasteiger partial charge < -0.3 is 15.8 Å². The number of carbonyl (C=O) groups is 1. The first kappa shape index (κ1) is 15.8. The summed E-state index contributed by atoms with van der Waals surface area (Å²) in [6.45, 7) is 0.319. The lowest BCUT2D eigenvalue weighted by atomic mass is 10.1. The summed E-state index contributed by atoms with van der Waals surface area (Å²) < 4.78 is 43.4. The van der Waals surface area contributed by atoms with Gasteiger partial charge >= 0.3 is 6.18 Å². The Morgan fingerprint density at radius 2 is 2.05 bits per heavy atom. The molecule has 0 atom stereocenters. The zero-order chi connectivity index (χ0) is 15.5. The van der Waals surface area contributed by atoms with Gasteiger partial charge in [-0.2, -0.15) is 13.2 Å². The first-order valence-electron chi connectivity index (χ1n) is 6.67. The lowest BCUT2D eigenvalue weighted by Gasteiger charge is -2.12. The Kier molecular flexibility index (Phi) is 4.84. The van der Waals surface area contributed by atoms with Crippen LogP contribution in [0.15, 0.2) is 18.2 Å². The summed E-state index contributed by atoms with van der Waals surface area (Å²) in [6.07, 6.45) is -2.27. The Morgan fingerprint density at radius 1 is 1.33 bits per heavy atom. The van der Waals surface area contributed by atoms with E-state index < -0.39 is 17.6 Å². The van der Waals surface area contributed by atoms with Crippen LogP contribution >= 0.6 is 0 Å². The van der Waals surface area contributed by atoms with Crippen molar-refractivity contribution in [3.8, 4) is 0 Å². The van der Waals surface area contributed by atoms with Gasteiger partial charge in [-0.15, -0.1) is 0 Å². The van der Waals surface area contributed by atoms with E-state index in [0.717, 1.165) is 25.0 Å². The molecule has 1 aliphatic rings. The molecule has 116 valence electrons. The summed E-state index contributed by atoms with van der Waals surface area (Å²) in [6, 6.07) is 3.28. The molecule has 0 unspecified atom stereocenters. The van der Waals surface area contributed by atoms with E-state index in [1.807, 2.05) is 0 Å². The largest absolute Gasteiger partial charge is 0.416 e. The van der Waals surface area contributed by atoms with Crippen molar-refractivity contribution in [2.75, 3.05) is 18.5 Å². The highest BCUT2D eigenvalue weighted by Crippen LogP contribution is 2.32. The second kappa shape index (κ2) is 6.44. The highest BCUT2D eigenvalue weighted by molar-refractivity contribution is 5.91. The van der Waals surface area contributed by atoms with E-state index in [4.69, 9.17) is 10.5 Å². The van der Waals surface area contributed by atoms with Crippen molar-refractivity contribution in [1.82, 2.24) is 0 Å². The van der Waals surface area contributed by atoms with Gasteiger partial charge in [0.05, 0.1) is 12.2 Å². The molecule has 7 heteroatoms. The number of carbonyl (C=O) groups excluding carboxylic acids is 1. The number of hydrogen-bond acceptors (Lipinski definition) is 3. The van der Waals surface area contributed by atoms with Crippen molar-refractivity contribution in [2.24, 2.45) is 11.7 Å². The lowest BCUT2D eigenvalue weighted by Crippen LogP contribution is -2.20. The maximum atomic E-state index is 12.7. The van der Waals surface area contributed by atoms with E-state index in [2.05, 4.69) is 5.32 Å². The van der Waals surface area contributed by atoms with Gasteiger partial charge in [-0.25, -0.2) is 0 Å². The Hall–Kier alpha value is -1.60. The van der Waals surface area contributed by atoms with Crippen molar-refractivity contribution < 1.29 is 22.7 Å². The number of amides is 1. The fourth-order valence-electron chi connectivity index (χ4n) is 1.85. The number of rotatable bonds is 6. The molecule has 0 spiro atoms. The second-order valence-electron chi connectivity index (χ2n) is 5.13. The maximum absolute atomic E-state index is 12.7. The summed E-state index contributed by atoms with van der Waals surface area (Å²) in [4.78, 5) is 11.6. The molecule has 0 bridgehead atoms.